The molecule has 1 fully saturated rings. The summed E-state index contributed by atoms with van der Waals surface area (Å²) >= 11 is 1.81. The van der Waals surface area contributed by atoms with Crippen LogP contribution in [0.4, 0.5) is 0 Å². The van der Waals surface area contributed by atoms with Gasteiger partial charge in [-0.15, -0.1) is 0 Å². The Morgan fingerprint density at radius 2 is 1.86 bits per heavy atom. The normalized spacial score (nSPS) is 24.1. The summed E-state index contributed by atoms with van der Waals surface area (Å²) in [6.07, 6.45) is 14.3. The van der Waals surface area contributed by atoms with E-state index in [0.29, 0.717) is 0 Å². The fourth-order valence-corrected chi connectivity index (χ4v) is 2.94. The second-order valence-electron chi connectivity index (χ2n) is 3.94. The van der Waals surface area contributed by atoms with Gasteiger partial charge in [-0.3, -0.25) is 4.99 Å². The maximum Gasteiger partial charge on any atom is 0.0804 e. The van der Waals surface area contributed by atoms with Crippen molar-refractivity contribution >= 4 is 16.8 Å². The summed E-state index contributed by atoms with van der Waals surface area (Å²) < 4.78 is 0. The molecule has 1 heterocycles. The third kappa shape index (κ3) is 2.74. The van der Waals surface area contributed by atoms with Crippen LogP contribution in [-0.2, 0) is 0 Å². The van der Waals surface area contributed by atoms with E-state index in [2.05, 4.69) is 16.5 Å². The molecule has 1 aliphatic heterocycles. The minimum absolute atomic E-state index is 0.731. The van der Waals surface area contributed by atoms with Crippen LogP contribution in [0.1, 0.15) is 38.5 Å². The Kier molecular flexibility index (Phi) is 3.87. The van der Waals surface area contributed by atoms with Crippen molar-refractivity contribution in [1.82, 2.24) is 0 Å². The van der Waals surface area contributed by atoms with Crippen LogP contribution in [0.2, 0.25) is 0 Å². The summed E-state index contributed by atoms with van der Waals surface area (Å²) in [5.74, 6) is 0.731. The van der Waals surface area contributed by atoms with Gasteiger partial charge in [0, 0.05) is 12.1 Å². The zero-order valence-electron chi connectivity index (χ0n) is 8.48. The minimum atomic E-state index is 0.731. The van der Waals surface area contributed by atoms with Gasteiger partial charge < -0.3 is 0 Å². The van der Waals surface area contributed by atoms with Crippen molar-refractivity contribution in [2.45, 2.75) is 38.5 Å². The summed E-state index contributed by atoms with van der Waals surface area (Å²) in [6, 6.07) is 0. The standard InChI is InChI=1S/C12H17NS/c1-2-4-8-11(7-3-1)12-13-9-5-6-10-14-12/h5-6,9-11H,1-4,7-8H2. The molecule has 2 aliphatic rings. The lowest BCUT2D eigenvalue weighted by Crippen LogP contribution is -2.09. The van der Waals surface area contributed by atoms with Gasteiger partial charge in [-0.2, -0.15) is 0 Å². The van der Waals surface area contributed by atoms with Gasteiger partial charge in [0.1, 0.15) is 0 Å². The maximum atomic E-state index is 4.53. The van der Waals surface area contributed by atoms with E-state index in [-0.39, 0.29) is 0 Å². The molecule has 1 saturated carbocycles. The molecule has 14 heavy (non-hydrogen) atoms. The molecule has 0 bridgehead atoms. The number of thioether (sulfide) groups is 1. The highest BCUT2D eigenvalue weighted by atomic mass is 32.2. The first-order valence-corrected chi connectivity index (χ1v) is 6.41. The van der Waals surface area contributed by atoms with Crippen molar-refractivity contribution in [2.24, 2.45) is 10.9 Å². The molecule has 0 atom stereocenters. The molecule has 0 amide bonds. The van der Waals surface area contributed by atoms with Crippen molar-refractivity contribution in [3.8, 4) is 0 Å². The highest BCUT2D eigenvalue weighted by molar-refractivity contribution is 8.16. The first kappa shape index (κ1) is 10.0. The van der Waals surface area contributed by atoms with Crippen LogP contribution in [0.15, 0.2) is 28.8 Å². The summed E-state index contributed by atoms with van der Waals surface area (Å²) in [5, 5.41) is 3.48. The molecule has 0 unspecified atom stereocenters. The van der Waals surface area contributed by atoms with E-state index < -0.39 is 0 Å². The lowest BCUT2D eigenvalue weighted by Gasteiger charge is -2.13. The van der Waals surface area contributed by atoms with Crippen LogP contribution in [0.5, 0.6) is 0 Å². The van der Waals surface area contributed by atoms with Crippen LogP contribution < -0.4 is 0 Å². The van der Waals surface area contributed by atoms with Crippen LogP contribution in [0, 0.1) is 5.92 Å². The highest BCUT2D eigenvalue weighted by Crippen LogP contribution is 2.29. The van der Waals surface area contributed by atoms with Gasteiger partial charge in [0.25, 0.3) is 0 Å². The van der Waals surface area contributed by atoms with E-state index >= 15 is 0 Å². The first-order valence-electron chi connectivity index (χ1n) is 5.53. The van der Waals surface area contributed by atoms with Crippen molar-refractivity contribution < 1.29 is 0 Å². The fraction of sp³-hybridized carbons (Fsp3) is 0.583. The van der Waals surface area contributed by atoms with Gasteiger partial charge in [0.05, 0.1) is 5.04 Å². The van der Waals surface area contributed by atoms with E-state index in [4.69, 9.17) is 0 Å². The predicted molar refractivity (Wildman–Crippen MR) is 64.5 cm³/mol. The molecule has 1 nitrogen and oxygen atoms in total. The Hall–Kier alpha value is -0.500. The molecule has 0 radical (unpaired) electrons. The fourth-order valence-electron chi connectivity index (χ4n) is 2.08. The Bertz CT molecular complexity index is 257. The van der Waals surface area contributed by atoms with Crippen molar-refractivity contribution in [2.75, 3.05) is 0 Å². The van der Waals surface area contributed by atoms with E-state index in [0.717, 1.165) is 5.92 Å². The Morgan fingerprint density at radius 3 is 2.64 bits per heavy atom. The summed E-state index contributed by atoms with van der Waals surface area (Å²) in [6.45, 7) is 0. The Balaban J connectivity index is 2.01. The van der Waals surface area contributed by atoms with Crippen LogP contribution in [0.25, 0.3) is 0 Å². The van der Waals surface area contributed by atoms with Crippen molar-refractivity contribution in [3.63, 3.8) is 0 Å². The van der Waals surface area contributed by atoms with Crippen LogP contribution in [0.3, 0.4) is 0 Å². The zero-order valence-corrected chi connectivity index (χ0v) is 9.30. The summed E-state index contributed by atoms with van der Waals surface area (Å²) in [7, 11) is 0. The van der Waals surface area contributed by atoms with Gasteiger partial charge in [0.2, 0.25) is 0 Å². The SMILES string of the molecule is C1=CN=C(C2CCCCCC2)SC=C1. The van der Waals surface area contributed by atoms with E-state index in [1.54, 1.807) is 11.8 Å². The lowest BCUT2D eigenvalue weighted by molar-refractivity contribution is 0.598. The number of allylic oxidation sites excluding steroid dienone is 2. The molecule has 2 rings (SSSR count). The molecule has 0 aromatic rings. The maximum absolute atomic E-state index is 4.53. The number of hydrogen-bond acceptors (Lipinski definition) is 2. The largest absolute Gasteiger partial charge is 0.254 e. The quantitative estimate of drug-likeness (QED) is 0.589. The van der Waals surface area contributed by atoms with Crippen molar-refractivity contribution in [3.05, 3.63) is 23.8 Å². The van der Waals surface area contributed by atoms with E-state index in [1.807, 2.05) is 12.3 Å². The molecule has 0 aromatic carbocycles. The van der Waals surface area contributed by atoms with Crippen LogP contribution in [-0.4, -0.2) is 5.04 Å². The first-order chi connectivity index (χ1) is 6.97. The average molecular weight is 207 g/mol. The highest BCUT2D eigenvalue weighted by Gasteiger charge is 2.17. The molecule has 2 heteroatoms. The molecular formula is C12H17NS. The van der Waals surface area contributed by atoms with Crippen LogP contribution >= 0.6 is 11.8 Å². The third-order valence-electron chi connectivity index (χ3n) is 2.87. The summed E-state index contributed by atoms with van der Waals surface area (Å²) in [4.78, 5) is 4.53. The zero-order chi connectivity index (χ0) is 9.64. The van der Waals surface area contributed by atoms with Gasteiger partial charge in [-0.25, -0.2) is 0 Å². The molecule has 76 valence electrons. The Morgan fingerprint density at radius 1 is 1.07 bits per heavy atom. The number of rotatable bonds is 1. The molecule has 0 aromatic heterocycles. The average Bonchev–Trinajstić information content (AvgIpc) is 2.62. The van der Waals surface area contributed by atoms with E-state index in [9.17, 15) is 0 Å². The number of aliphatic imine (C=N–C) groups is 1. The molecule has 0 spiro atoms. The lowest BCUT2D eigenvalue weighted by atomic mass is 10.0. The topological polar surface area (TPSA) is 12.4 Å². The van der Waals surface area contributed by atoms with Crippen molar-refractivity contribution in [1.29, 1.82) is 0 Å². The van der Waals surface area contributed by atoms with Gasteiger partial charge in [0.15, 0.2) is 0 Å². The summed E-state index contributed by atoms with van der Waals surface area (Å²) in [5.41, 5.74) is 0. The monoisotopic (exact) mass is 207 g/mol. The number of nitrogens with zero attached hydrogens (tertiary/aromatic N) is 1. The number of hydrogen-bond donors (Lipinski definition) is 0. The molecule has 0 saturated heterocycles. The predicted octanol–water partition coefficient (Wildman–Crippen LogP) is 4.13. The van der Waals surface area contributed by atoms with Gasteiger partial charge in [-0.1, -0.05) is 43.5 Å². The third-order valence-corrected chi connectivity index (χ3v) is 3.84. The van der Waals surface area contributed by atoms with Gasteiger partial charge >= 0.3 is 0 Å². The van der Waals surface area contributed by atoms with Gasteiger partial charge in [-0.05, 0) is 24.3 Å². The smallest absolute Gasteiger partial charge is 0.0804 e. The van der Waals surface area contributed by atoms with E-state index in [1.165, 1.54) is 43.6 Å². The Labute approximate surface area is 90.4 Å². The molecule has 0 N–H and O–H groups in total. The second kappa shape index (κ2) is 5.40. The molecular weight excluding hydrogens is 190 g/mol. The minimum Gasteiger partial charge on any atom is -0.254 e. The molecule has 1 aliphatic carbocycles. The second-order valence-corrected chi connectivity index (χ2v) is 4.87.